The summed E-state index contributed by atoms with van der Waals surface area (Å²) in [6.07, 6.45) is -9.75. The Bertz CT molecular complexity index is 615. The molecule has 0 aliphatic heterocycles. The molecule has 2 unspecified atom stereocenters. The van der Waals surface area contributed by atoms with Crippen molar-refractivity contribution >= 4 is 5.97 Å². The SMILES string of the molecule is CC(=O)OC(c1cc(C(F)(F)F)cc(C(F)(F)F)c1)C(C)C.CCC(C)C(C)C. The van der Waals surface area contributed by atoms with Gasteiger partial charge in [0, 0.05) is 6.92 Å². The molecule has 2 atom stereocenters. The van der Waals surface area contributed by atoms with Gasteiger partial charge >= 0.3 is 18.3 Å². The van der Waals surface area contributed by atoms with Gasteiger partial charge < -0.3 is 4.74 Å². The van der Waals surface area contributed by atoms with Crippen LogP contribution in [0.4, 0.5) is 26.3 Å². The Morgan fingerprint density at radius 3 is 1.48 bits per heavy atom. The van der Waals surface area contributed by atoms with Crippen molar-refractivity contribution in [1.82, 2.24) is 0 Å². The first kappa shape index (κ1) is 27.3. The van der Waals surface area contributed by atoms with Crippen molar-refractivity contribution in [2.45, 2.75) is 73.3 Å². The van der Waals surface area contributed by atoms with E-state index in [0.29, 0.717) is 12.1 Å². The van der Waals surface area contributed by atoms with E-state index in [1.54, 1.807) is 0 Å². The third-order valence-corrected chi connectivity index (χ3v) is 4.62. The molecule has 0 amide bonds. The van der Waals surface area contributed by atoms with Gasteiger partial charge in [0.15, 0.2) is 0 Å². The third-order valence-electron chi connectivity index (χ3n) is 4.62. The second kappa shape index (κ2) is 10.9. The maximum absolute atomic E-state index is 12.8. The molecule has 168 valence electrons. The largest absolute Gasteiger partial charge is 0.457 e. The highest BCUT2D eigenvalue weighted by Crippen LogP contribution is 2.39. The number of carbonyl (C=O) groups excluding carboxylic acids is 1. The number of esters is 1. The maximum Gasteiger partial charge on any atom is 0.416 e. The van der Waals surface area contributed by atoms with Crippen molar-refractivity contribution in [2.24, 2.45) is 17.8 Å². The average Bonchev–Trinajstić information content (AvgIpc) is 2.57. The van der Waals surface area contributed by atoms with Gasteiger partial charge in [-0.15, -0.1) is 0 Å². The van der Waals surface area contributed by atoms with Crippen LogP contribution in [0.2, 0.25) is 0 Å². The standard InChI is InChI=1S/C14H14F6O2.C7H16/c1-7(2)12(22-8(3)21)9-4-10(13(15,16)17)6-11(5-9)14(18,19)20;1-5-7(4)6(2)3/h4-7,12H,1-3H3;6-7H,5H2,1-4H3. The molecule has 1 rings (SSSR count). The lowest BCUT2D eigenvalue weighted by Crippen LogP contribution is -2.18. The van der Waals surface area contributed by atoms with Gasteiger partial charge in [-0.1, -0.05) is 48.0 Å². The topological polar surface area (TPSA) is 26.3 Å². The molecule has 0 aliphatic rings. The normalized spacial score (nSPS) is 14.3. The molecule has 1 aromatic rings. The van der Waals surface area contributed by atoms with E-state index in [9.17, 15) is 31.1 Å². The first-order valence-electron chi connectivity index (χ1n) is 9.47. The van der Waals surface area contributed by atoms with E-state index in [1.807, 2.05) is 0 Å². The van der Waals surface area contributed by atoms with Crippen LogP contribution in [0.15, 0.2) is 18.2 Å². The fourth-order valence-electron chi connectivity index (χ4n) is 2.38. The van der Waals surface area contributed by atoms with Gasteiger partial charge in [0.05, 0.1) is 11.1 Å². The second-order valence-electron chi connectivity index (χ2n) is 7.74. The van der Waals surface area contributed by atoms with E-state index < -0.39 is 41.5 Å². The monoisotopic (exact) mass is 428 g/mol. The van der Waals surface area contributed by atoms with Crippen LogP contribution < -0.4 is 0 Å². The number of halogens is 6. The molecule has 1 aromatic carbocycles. The van der Waals surface area contributed by atoms with Crippen molar-refractivity contribution in [3.63, 3.8) is 0 Å². The predicted molar refractivity (Wildman–Crippen MR) is 100 cm³/mol. The summed E-state index contributed by atoms with van der Waals surface area (Å²) in [7, 11) is 0. The number of rotatable bonds is 5. The molecule has 0 saturated heterocycles. The van der Waals surface area contributed by atoms with Crippen molar-refractivity contribution in [3.05, 3.63) is 34.9 Å². The lowest BCUT2D eigenvalue weighted by atomic mass is 9.94. The van der Waals surface area contributed by atoms with Gasteiger partial charge in [0.2, 0.25) is 0 Å². The van der Waals surface area contributed by atoms with Gasteiger partial charge in [-0.3, -0.25) is 4.79 Å². The van der Waals surface area contributed by atoms with Crippen LogP contribution >= 0.6 is 0 Å². The summed E-state index contributed by atoms with van der Waals surface area (Å²) < 4.78 is 81.6. The number of hydrogen-bond acceptors (Lipinski definition) is 2. The Hall–Kier alpha value is -1.73. The van der Waals surface area contributed by atoms with Crippen LogP contribution in [-0.2, 0) is 21.9 Å². The summed E-state index contributed by atoms with van der Waals surface area (Å²) in [6.45, 7) is 13.2. The summed E-state index contributed by atoms with van der Waals surface area (Å²) in [5.41, 5.74) is -3.21. The maximum atomic E-state index is 12.8. The highest BCUT2D eigenvalue weighted by molar-refractivity contribution is 5.66. The summed E-state index contributed by atoms with van der Waals surface area (Å²) in [6, 6.07) is 1.18. The van der Waals surface area contributed by atoms with Crippen molar-refractivity contribution in [1.29, 1.82) is 0 Å². The van der Waals surface area contributed by atoms with Crippen molar-refractivity contribution in [3.8, 4) is 0 Å². The van der Waals surface area contributed by atoms with Crippen molar-refractivity contribution in [2.75, 3.05) is 0 Å². The fraction of sp³-hybridized carbons (Fsp3) is 0.667. The van der Waals surface area contributed by atoms with Gasteiger partial charge in [-0.2, -0.15) is 26.3 Å². The van der Waals surface area contributed by atoms with E-state index in [1.165, 1.54) is 20.3 Å². The number of benzene rings is 1. The minimum Gasteiger partial charge on any atom is -0.457 e. The zero-order chi connectivity index (χ0) is 23.2. The Kier molecular flexibility index (Phi) is 10.2. The lowest BCUT2D eigenvalue weighted by Gasteiger charge is -2.23. The first-order chi connectivity index (χ1) is 13.0. The minimum atomic E-state index is -4.94. The molecule has 0 fully saturated rings. The van der Waals surface area contributed by atoms with Gasteiger partial charge in [0.25, 0.3) is 0 Å². The molecule has 0 aliphatic carbocycles. The minimum absolute atomic E-state index is 0.0364. The van der Waals surface area contributed by atoms with Crippen LogP contribution in [0, 0.1) is 17.8 Å². The summed E-state index contributed by atoms with van der Waals surface area (Å²) in [5.74, 6) is 0.489. The van der Waals surface area contributed by atoms with Gasteiger partial charge in [-0.25, -0.2) is 0 Å². The van der Waals surface area contributed by atoms with Crippen LogP contribution in [0.25, 0.3) is 0 Å². The smallest absolute Gasteiger partial charge is 0.416 e. The van der Waals surface area contributed by atoms with E-state index >= 15 is 0 Å². The molecule has 8 heteroatoms. The molecule has 0 heterocycles. The van der Waals surface area contributed by atoms with Crippen LogP contribution in [0.3, 0.4) is 0 Å². The molecule has 0 aromatic heterocycles. The molecule has 0 bridgehead atoms. The van der Waals surface area contributed by atoms with E-state index in [-0.39, 0.29) is 11.6 Å². The van der Waals surface area contributed by atoms with E-state index in [0.717, 1.165) is 18.8 Å². The van der Waals surface area contributed by atoms with Crippen molar-refractivity contribution < 1.29 is 35.9 Å². The highest BCUT2D eigenvalue weighted by Gasteiger charge is 2.38. The van der Waals surface area contributed by atoms with Crippen LogP contribution in [0.5, 0.6) is 0 Å². The Morgan fingerprint density at radius 1 is 0.862 bits per heavy atom. The molecule has 0 N–H and O–H groups in total. The molecular formula is C21H30F6O2. The Balaban J connectivity index is 0.000000956. The lowest BCUT2D eigenvalue weighted by molar-refractivity contribution is -0.149. The molecule has 29 heavy (non-hydrogen) atoms. The number of ether oxygens (including phenoxy) is 1. The molecule has 0 spiro atoms. The molecule has 0 saturated carbocycles. The van der Waals surface area contributed by atoms with Gasteiger partial charge in [0.1, 0.15) is 6.10 Å². The highest BCUT2D eigenvalue weighted by atomic mass is 19.4. The third kappa shape index (κ3) is 9.54. The van der Waals surface area contributed by atoms with Gasteiger partial charge in [-0.05, 0) is 41.5 Å². The Morgan fingerprint density at radius 2 is 1.28 bits per heavy atom. The zero-order valence-electron chi connectivity index (χ0n) is 17.8. The fourth-order valence-corrected chi connectivity index (χ4v) is 2.38. The first-order valence-corrected chi connectivity index (χ1v) is 9.47. The number of carbonyl (C=O) groups is 1. The van der Waals surface area contributed by atoms with E-state index in [2.05, 4.69) is 27.7 Å². The summed E-state index contributed by atoms with van der Waals surface area (Å²) in [5, 5.41) is 0. The molecular weight excluding hydrogens is 398 g/mol. The second-order valence-corrected chi connectivity index (χ2v) is 7.74. The predicted octanol–water partition coefficient (Wildman–Crippen LogP) is 7.67. The Labute approximate surface area is 168 Å². The van der Waals surface area contributed by atoms with E-state index in [4.69, 9.17) is 4.74 Å². The zero-order valence-corrected chi connectivity index (χ0v) is 17.8. The molecule has 0 radical (unpaired) electrons. The summed E-state index contributed by atoms with van der Waals surface area (Å²) >= 11 is 0. The van der Waals surface area contributed by atoms with Crippen LogP contribution in [-0.4, -0.2) is 5.97 Å². The number of hydrogen-bond donors (Lipinski definition) is 0. The number of alkyl halides is 6. The summed E-state index contributed by atoms with van der Waals surface area (Å²) in [4.78, 5) is 11.0. The quantitative estimate of drug-likeness (QED) is 0.355. The van der Waals surface area contributed by atoms with Crippen LogP contribution in [0.1, 0.15) is 77.7 Å². The average molecular weight is 428 g/mol. The molecule has 2 nitrogen and oxygen atoms in total.